The van der Waals surface area contributed by atoms with Gasteiger partial charge in [0, 0.05) is 37.9 Å². The molecule has 3 aromatic rings. The number of likely N-dealkylation sites (N-methyl/N-ethyl adjacent to an activating group) is 1. The second kappa shape index (κ2) is 11.0. The summed E-state index contributed by atoms with van der Waals surface area (Å²) < 4.78 is 7.23. The molecule has 0 saturated carbocycles. The van der Waals surface area contributed by atoms with Crippen LogP contribution in [0.15, 0.2) is 60.8 Å². The third kappa shape index (κ3) is 6.24. The van der Waals surface area contributed by atoms with E-state index in [2.05, 4.69) is 89.7 Å². The van der Waals surface area contributed by atoms with Crippen molar-refractivity contribution < 1.29 is 4.74 Å². The molecule has 1 saturated heterocycles. The van der Waals surface area contributed by atoms with Crippen LogP contribution in [-0.4, -0.2) is 52.9 Å². The minimum Gasteiger partial charge on any atom is -0.497 e. The second-order valence-corrected chi connectivity index (χ2v) is 9.55. The lowest BCUT2D eigenvalue weighted by Gasteiger charge is -2.40. The SMILES string of the molecule is COc1ccc(CN2CCC([C@H](Cc3ccccc3)N(C)Cc3cn(C)nc3C)CC2)cc1. The number of hydrogen-bond acceptors (Lipinski definition) is 4. The predicted octanol–water partition coefficient (Wildman–Crippen LogP) is 4.69. The maximum Gasteiger partial charge on any atom is 0.118 e. The number of hydrogen-bond donors (Lipinski definition) is 0. The van der Waals surface area contributed by atoms with Gasteiger partial charge in [-0.05, 0) is 75.5 Å². The molecule has 5 nitrogen and oxygen atoms in total. The second-order valence-electron chi connectivity index (χ2n) is 9.55. The number of ether oxygens (including phenoxy) is 1. The zero-order valence-electron chi connectivity index (χ0n) is 20.6. The van der Waals surface area contributed by atoms with Crippen molar-refractivity contribution in [1.29, 1.82) is 0 Å². The van der Waals surface area contributed by atoms with Gasteiger partial charge in [-0.3, -0.25) is 14.5 Å². The third-order valence-corrected chi connectivity index (χ3v) is 7.13. The van der Waals surface area contributed by atoms with Crippen molar-refractivity contribution in [2.24, 2.45) is 13.0 Å². The first-order chi connectivity index (χ1) is 16.0. The lowest BCUT2D eigenvalue weighted by molar-refractivity contribution is 0.0953. The fourth-order valence-electron chi connectivity index (χ4n) is 5.21. The largest absolute Gasteiger partial charge is 0.497 e. The molecule has 2 heterocycles. The summed E-state index contributed by atoms with van der Waals surface area (Å²) in [4.78, 5) is 5.17. The van der Waals surface area contributed by atoms with E-state index in [1.165, 1.54) is 29.5 Å². The number of methoxy groups -OCH3 is 1. The van der Waals surface area contributed by atoms with Gasteiger partial charge in [-0.1, -0.05) is 42.5 Å². The van der Waals surface area contributed by atoms with Crippen LogP contribution in [0.25, 0.3) is 0 Å². The van der Waals surface area contributed by atoms with Gasteiger partial charge in [0.05, 0.1) is 12.8 Å². The molecule has 1 aliphatic heterocycles. The number of aromatic nitrogens is 2. The van der Waals surface area contributed by atoms with E-state index in [1.807, 2.05) is 11.7 Å². The van der Waals surface area contributed by atoms with Crippen LogP contribution in [-0.2, 0) is 26.6 Å². The molecular formula is C28H38N4O. The molecule has 0 aliphatic carbocycles. The van der Waals surface area contributed by atoms with E-state index >= 15 is 0 Å². The van der Waals surface area contributed by atoms with Crippen LogP contribution in [0.4, 0.5) is 0 Å². The molecule has 176 valence electrons. The van der Waals surface area contributed by atoms with Gasteiger partial charge in [0.25, 0.3) is 0 Å². The fraction of sp³-hybridized carbons (Fsp3) is 0.464. The van der Waals surface area contributed by atoms with E-state index in [0.29, 0.717) is 12.0 Å². The maximum atomic E-state index is 5.30. The van der Waals surface area contributed by atoms with Crippen LogP contribution in [0, 0.1) is 12.8 Å². The van der Waals surface area contributed by atoms with Gasteiger partial charge >= 0.3 is 0 Å². The van der Waals surface area contributed by atoms with Crippen LogP contribution in [0.3, 0.4) is 0 Å². The maximum absolute atomic E-state index is 5.30. The van der Waals surface area contributed by atoms with E-state index in [0.717, 1.165) is 44.0 Å². The topological polar surface area (TPSA) is 33.5 Å². The molecular weight excluding hydrogens is 408 g/mol. The van der Waals surface area contributed by atoms with Crippen molar-refractivity contribution in [2.45, 2.75) is 45.3 Å². The number of aryl methyl sites for hydroxylation is 2. The summed E-state index contributed by atoms with van der Waals surface area (Å²) in [7, 11) is 6.03. The molecule has 1 fully saturated rings. The van der Waals surface area contributed by atoms with Crippen LogP contribution in [0.2, 0.25) is 0 Å². The molecule has 0 unspecified atom stereocenters. The van der Waals surface area contributed by atoms with Crippen molar-refractivity contribution in [3.63, 3.8) is 0 Å². The first-order valence-corrected chi connectivity index (χ1v) is 12.1. The van der Waals surface area contributed by atoms with Crippen LogP contribution in [0.1, 0.15) is 35.2 Å². The summed E-state index contributed by atoms with van der Waals surface area (Å²) in [6, 6.07) is 20.0. The van der Waals surface area contributed by atoms with Gasteiger partial charge < -0.3 is 4.74 Å². The predicted molar refractivity (Wildman–Crippen MR) is 134 cm³/mol. The Balaban J connectivity index is 1.41. The Morgan fingerprint density at radius 1 is 1.03 bits per heavy atom. The van der Waals surface area contributed by atoms with Crippen LogP contribution >= 0.6 is 0 Å². The molecule has 0 bridgehead atoms. The molecule has 0 amide bonds. The van der Waals surface area contributed by atoms with Gasteiger partial charge in [-0.25, -0.2) is 0 Å². The number of benzene rings is 2. The Morgan fingerprint density at radius 3 is 2.33 bits per heavy atom. The summed E-state index contributed by atoms with van der Waals surface area (Å²) in [5, 5.41) is 4.56. The highest BCUT2D eigenvalue weighted by Gasteiger charge is 2.30. The normalized spacial score (nSPS) is 16.3. The molecule has 33 heavy (non-hydrogen) atoms. The molecule has 0 spiro atoms. The van der Waals surface area contributed by atoms with Crippen molar-refractivity contribution >= 4 is 0 Å². The van der Waals surface area contributed by atoms with Gasteiger partial charge in [-0.15, -0.1) is 0 Å². The summed E-state index contributed by atoms with van der Waals surface area (Å²) in [5.74, 6) is 1.62. The molecule has 1 aromatic heterocycles. The van der Waals surface area contributed by atoms with Crippen LogP contribution in [0.5, 0.6) is 5.75 Å². The monoisotopic (exact) mass is 446 g/mol. The first kappa shape index (κ1) is 23.5. The van der Waals surface area contributed by atoms with E-state index in [4.69, 9.17) is 4.74 Å². The van der Waals surface area contributed by atoms with Gasteiger partial charge in [0.15, 0.2) is 0 Å². The zero-order chi connectivity index (χ0) is 23.2. The Kier molecular flexibility index (Phi) is 7.84. The molecule has 0 N–H and O–H groups in total. The summed E-state index contributed by atoms with van der Waals surface area (Å²) >= 11 is 0. The van der Waals surface area contributed by atoms with Gasteiger partial charge in [-0.2, -0.15) is 5.10 Å². The minimum absolute atomic E-state index is 0.523. The van der Waals surface area contributed by atoms with Crippen LogP contribution < -0.4 is 4.74 Å². The summed E-state index contributed by atoms with van der Waals surface area (Å²) in [6.45, 7) is 6.39. The Labute approximate surface area is 199 Å². The molecule has 0 radical (unpaired) electrons. The average Bonchev–Trinajstić information content (AvgIpc) is 3.15. The number of nitrogens with zero attached hydrogens (tertiary/aromatic N) is 4. The molecule has 4 rings (SSSR count). The lowest BCUT2D eigenvalue weighted by Crippen LogP contribution is -2.45. The quantitative estimate of drug-likeness (QED) is 0.477. The Hall–Kier alpha value is -2.63. The van der Waals surface area contributed by atoms with E-state index in [9.17, 15) is 0 Å². The molecule has 1 aliphatic rings. The van der Waals surface area contributed by atoms with E-state index < -0.39 is 0 Å². The summed E-state index contributed by atoms with van der Waals surface area (Å²) in [5.41, 5.74) is 5.25. The first-order valence-electron chi connectivity index (χ1n) is 12.1. The van der Waals surface area contributed by atoms with E-state index in [1.54, 1.807) is 7.11 Å². The van der Waals surface area contributed by atoms with Gasteiger partial charge in [0.2, 0.25) is 0 Å². The number of rotatable bonds is 9. The lowest BCUT2D eigenvalue weighted by atomic mass is 9.84. The fourth-order valence-corrected chi connectivity index (χ4v) is 5.21. The highest BCUT2D eigenvalue weighted by Crippen LogP contribution is 2.28. The Bertz CT molecular complexity index is 990. The highest BCUT2D eigenvalue weighted by atomic mass is 16.5. The van der Waals surface area contributed by atoms with E-state index in [-0.39, 0.29) is 0 Å². The highest BCUT2D eigenvalue weighted by molar-refractivity contribution is 5.27. The minimum atomic E-state index is 0.523. The number of likely N-dealkylation sites (tertiary alicyclic amines) is 1. The molecule has 2 aromatic carbocycles. The zero-order valence-corrected chi connectivity index (χ0v) is 20.6. The number of piperidine rings is 1. The molecule has 5 heteroatoms. The van der Waals surface area contributed by atoms with Crippen molar-refractivity contribution in [1.82, 2.24) is 19.6 Å². The third-order valence-electron chi connectivity index (χ3n) is 7.13. The smallest absolute Gasteiger partial charge is 0.118 e. The summed E-state index contributed by atoms with van der Waals surface area (Å²) in [6.07, 6.45) is 5.75. The van der Waals surface area contributed by atoms with Gasteiger partial charge in [0.1, 0.15) is 5.75 Å². The average molecular weight is 447 g/mol. The van der Waals surface area contributed by atoms with Crippen molar-refractivity contribution in [3.8, 4) is 5.75 Å². The standard InChI is InChI=1S/C28H38N4O/c1-22-26(21-31(3)29-22)20-30(2)28(18-23-8-6-5-7-9-23)25-14-16-32(17-15-25)19-24-10-12-27(33-4)13-11-24/h5-13,21,25,28H,14-20H2,1-4H3/t28-/m0/s1. The molecule has 1 atom stereocenters. The van der Waals surface area contributed by atoms with Crippen molar-refractivity contribution in [3.05, 3.63) is 83.2 Å². The Morgan fingerprint density at radius 2 is 1.73 bits per heavy atom. The van der Waals surface area contributed by atoms with Crippen molar-refractivity contribution in [2.75, 3.05) is 27.2 Å².